The van der Waals surface area contributed by atoms with Gasteiger partial charge in [0.1, 0.15) is 5.75 Å². The number of pyridine rings is 1. The molecule has 4 aromatic rings. The number of hydrogen-bond donors (Lipinski definition) is 0. The molecule has 2 heterocycles. The monoisotopic (exact) mass is 468 g/mol. The van der Waals surface area contributed by atoms with Crippen molar-refractivity contribution in [3.8, 4) is 16.9 Å². The normalized spacial score (nSPS) is 12.9. The number of rotatable bonds is 7. The van der Waals surface area contributed by atoms with Gasteiger partial charge in [0.2, 0.25) is 0 Å². The van der Waals surface area contributed by atoms with Crippen molar-refractivity contribution in [2.45, 2.75) is 6.61 Å². The molecule has 0 radical (unpaired) electrons. The number of imide groups is 1. The third-order valence-electron chi connectivity index (χ3n) is 6.36. The van der Waals surface area contributed by atoms with Crippen molar-refractivity contribution in [2.75, 3.05) is 20.3 Å². The average molecular weight is 469 g/mol. The van der Waals surface area contributed by atoms with Gasteiger partial charge in [-0.3, -0.25) is 19.3 Å². The minimum Gasteiger partial charge on any atom is -0.497 e. The molecule has 1 aliphatic heterocycles. The summed E-state index contributed by atoms with van der Waals surface area (Å²) in [6.45, 7) is 0.401. The molecule has 35 heavy (non-hydrogen) atoms. The first-order valence-corrected chi connectivity index (χ1v) is 11.3. The van der Waals surface area contributed by atoms with Gasteiger partial charge < -0.3 is 14.0 Å². The first-order chi connectivity index (χ1) is 17.0. The highest BCUT2D eigenvalue weighted by Crippen LogP contribution is 2.33. The van der Waals surface area contributed by atoms with Crippen molar-refractivity contribution in [3.05, 3.63) is 100.0 Å². The van der Waals surface area contributed by atoms with Gasteiger partial charge in [0, 0.05) is 23.4 Å². The number of fused-ring (bicyclic) bond motifs is 2. The van der Waals surface area contributed by atoms with Crippen molar-refractivity contribution < 1.29 is 19.1 Å². The Morgan fingerprint density at radius 3 is 2.11 bits per heavy atom. The van der Waals surface area contributed by atoms with Gasteiger partial charge in [0.05, 0.1) is 43.7 Å². The Hall–Kier alpha value is -4.23. The van der Waals surface area contributed by atoms with Crippen LogP contribution in [0.5, 0.6) is 5.75 Å². The van der Waals surface area contributed by atoms with E-state index in [0.717, 1.165) is 16.5 Å². The second kappa shape index (κ2) is 9.19. The molecule has 0 saturated carbocycles. The van der Waals surface area contributed by atoms with E-state index in [2.05, 4.69) is 0 Å². The molecule has 0 unspecified atom stereocenters. The molecule has 1 aromatic heterocycles. The highest BCUT2D eigenvalue weighted by molar-refractivity contribution is 6.21. The Morgan fingerprint density at radius 1 is 0.800 bits per heavy atom. The number of nitrogens with zero attached hydrogens (tertiary/aromatic N) is 2. The lowest BCUT2D eigenvalue weighted by Crippen LogP contribution is -2.33. The number of methoxy groups -OCH3 is 1. The topological polar surface area (TPSA) is 77.8 Å². The largest absolute Gasteiger partial charge is 0.497 e. The van der Waals surface area contributed by atoms with Crippen LogP contribution in [0.15, 0.2) is 77.6 Å². The van der Waals surface area contributed by atoms with Crippen molar-refractivity contribution in [2.24, 2.45) is 7.05 Å². The summed E-state index contributed by atoms with van der Waals surface area (Å²) >= 11 is 0. The van der Waals surface area contributed by atoms with Crippen LogP contribution < -0.4 is 10.3 Å². The second-order valence-electron chi connectivity index (χ2n) is 8.32. The molecular weight excluding hydrogens is 444 g/mol. The Labute approximate surface area is 202 Å². The minimum atomic E-state index is -0.315. The van der Waals surface area contributed by atoms with Crippen LogP contribution >= 0.6 is 0 Å². The van der Waals surface area contributed by atoms with E-state index in [1.807, 2.05) is 36.4 Å². The van der Waals surface area contributed by atoms with Crippen LogP contribution in [0, 0.1) is 0 Å². The Morgan fingerprint density at radius 2 is 1.46 bits per heavy atom. The maximum atomic E-state index is 13.2. The van der Waals surface area contributed by atoms with E-state index in [1.165, 1.54) is 4.90 Å². The summed E-state index contributed by atoms with van der Waals surface area (Å²) in [5.41, 5.74) is 3.21. The van der Waals surface area contributed by atoms with Gasteiger partial charge in [-0.25, -0.2) is 0 Å². The first-order valence-electron chi connectivity index (χ1n) is 11.3. The van der Waals surface area contributed by atoms with Crippen LogP contribution in [0.1, 0.15) is 26.4 Å². The Balaban J connectivity index is 1.45. The number of benzene rings is 3. The van der Waals surface area contributed by atoms with E-state index in [4.69, 9.17) is 9.47 Å². The highest BCUT2D eigenvalue weighted by atomic mass is 16.5. The average Bonchev–Trinajstić information content (AvgIpc) is 3.14. The first kappa shape index (κ1) is 22.6. The quantitative estimate of drug-likeness (QED) is 0.302. The SMILES string of the molecule is COc1ccc2c(=O)n(C)c(COCCN3C(=O)c4ccccc4C3=O)c(-c3ccccc3)c2c1. The van der Waals surface area contributed by atoms with Crippen LogP contribution in [0.2, 0.25) is 0 Å². The molecule has 7 nitrogen and oxygen atoms in total. The Bertz CT molecular complexity index is 1470. The zero-order valence-corrected chi connectivity index (χ0v) is 19.5. The maximum absolute atomic E-state index is 13.2. The van der Waals surface area contributed by atoms with E-state index in [9.17, 15) is 14.4 Å². The van der Waals surface area contributed by atoms with Crippen molar-refractivity contribution in [3.63, 3.8) is 0 Å². The molecular formula is C28H24N2O5. The summed E-state index contributed by atoms with van der Waals surface area (Å²) in [6.07, 6.45) is 0. The number of amides is 2. The van der Waals surface area contributed by atoms with E-state index in [-0.39, 0.29) is 37.1 Å². The summed E-state index contributed by atoms with van der Waals surface area (Å²) < 4.78 is 13.0. The Kier molecular flexibility index (Phi) is 5.93. The number of aromatic nitrogens is 1. The van der Waals surface area contributed by atoms with Gasteiger partial charge in [-0.1, -0.05) is 42.5 Å². The van der Waals surface area contributed by atoms with Gasteiger partial charge in [-0.05, 0) is 35.9 Å². The summed E-state index contributed by atoms with van der Waals surface area (Å²) in [7, 11) is 3.31. The fraction of sp³-hybridized carbons (Fsp3) is 0.179. The molecule has 0 bridgehead atoms. The third-order valence-corrected chi connectivity index (χ3v) is 6.36. The van der Waals surface area contributed by atoms with E-state index in [1.54, 1.807) is 55.1 Å². The van der Waals surface area contributed by atoms with Gasteiger partial charge in [-0.15, -0.1) is 0 Å². The molecule has 176 valence electrons. The molecule has 0 N–H and O–H groups in total. The van der Waals surface area contributed by atoms with Crippen LogP contribution in [0.3, 0.4) is 0 Å². The van der Waals surface area contributed by atoms with Crippen LogP contribution in [0.4, 0.5) is 0 Å². The highest BCUT2D eigenvalue weighted by Gasteiger charge is 2.34. The molecule has 0 fully saturated rings. The zero-order valence-electron chi connectivity index (χ0n) is 19.5. The zero-order chi connectivity index (χ0) is 24.5. The standard InChI is InChI=1S/C28H24N2O5/c1-29-24(17-35-15-14-30-27(32)20-10-6-7-11-21(20)28(30)33)25(18-8-4-3-5-9-18)23-16-19(34-2)12-13-22(23)26(29)31/h3-13,16H,14-15,17H2,1-2H3. The number of carbonyl (C=O) groups excluding carboxylic acids is 2. The number of carbonyl (C=O) groups is 2. The minimum absolute atomic E-state index is 0.127. The second-order valence-corrected chi connectivity index (χ2v) is 8.32. The van der Waals surface area contributed by atoms with Gasteiger partial charge in [0.15, 0.2) is 0 Å². The van der Waals surface area contributed by atoms with Crippen LogP contribution in [0.25, 0.3) is 21.9 Å². The lowest BCUT2D eigenvalue weighted by atomic mass is 9.97. The van der Waals surface area contributed by atoms with Crippen molar-refractivity contribution >= 4 is 22.6 Å². The molecule has 0 saturated heterocycles. The summed E-state index contributed by atoms with van der Waals surface area (Å²) in [4.78, 5) is 39.6. The lowest BCUT2D eigenvalue weighted by Gasteiger charge is -2.19. The number of ether oxygens (including phenoxy) is 2. The molecule has 5 rings (SSSR count). The van der Waals surface area contributed by atoms with Gasteiger partial charge in [0.25, 0.3) is 17.4 Å². The van der Waals surface area contributed by atoms with Gasteiger partial charge in [-0.2, -0.15) is 0 Å². The maximum Gasteiger partial charge on any atom is 0.261 e. The van der Waals surface area contributed by atoms with E-state index in [0.29, 0.717) is 28.0 Å². The smallest absolute Gasteiger partial charge is 0.261 e. The van der Waals surface area contributed by atoms with Crippen molar-refractivity contribution in [1.82, 2.24) is 9.47 Å². The molecule has 2 amide bonds. The summed E-state index contributed by atoms with van der Waals surface area (Å²) in [6, 6.07) is 22.0. The van der Waals surface area contributed by atoms with E-state index >= 15 is 0 Å². The molecule has 0 aliphatic carbocycles. The number of hydrogen-bond acceptors (Lipinski definition) is 5. The predicted octanol–water partition coefficient (Wildman–Crippen LogP) is 4.03. The summed E-state index contributed by atoms with van der Waals surface area (Å²) in [5.74, 6) is 0.0224. The molecule has 0 spiro atoms. The van der Waals surface area contributed by atoms with Gasteiger partial charge >= 0.3 is 0 Å². The van der Waals surface area contributed by atoms with E-state index < -0.39 is 0 Å². The molecule has 3 aromatic carbocycles. The molecule has 0 atom stereocenters. The predicted molar refractivity (Wildman–Crippen MR) is 133 cm³/mol. The van der Waals surface area contributed by atoms with Crippen LogP contribution in [-0.4, -0.2) is 41.5 Å². The lowest BCUT2D eigenvalue weighted by molar-refractivity contribution is 0.0539. The molecule has 7 heteroatoms. The summed E-state index contributed by atoms with van der Waals surface area (Å²) in [5, 5.41) is 1.36. The fourth-order valence-electron chi connectivity index (χ4n) is 4.53. The fourth-order valence-corrected chi connectivity index (χ4v) is 4.53. The van der Waals surface area contributed by atoms with Crippen LogP contribution in [-0.2, 0) is 18.4 Å². The molecule has 1 aliphatic rings. The third kappa shape index (κ3) is 3.90. The van der Waals surface area contributed by atoms with Crippen molar-refractivity contribution in [1.29, 1.82) is 0 Å².